The van der Waals surface area contributed by atoms with Crippen LogP contribution in [0.15, 0.2) is 91.0 Å². The van der Waals surface area contributed by atoms with E-state index in [1.54, 1.807) is 14.2 Å². The quantitative estimate of drug-likeness (QED) is 0.245. The van der Waals surface area contributed by atoms with Crippen molar-refractivity contribution in [2.24, 2.45) is 0 Å². The number of benzene rings is 4. The van der Waals surface area contributed by atoms with Gasteiger partial charge in [0.2, 0.25) is 0 Å². The van der Waals surface area contributed by atoms with Gasteiger partial charge in [-0.15, -0.1) is 0 Å². The monoisotopic (exact) mass is 504 g/mol. The molecule has 4 aromatic carbocycles. The number of rotatable bonds is 6. The van der Waals surface area contributed by atoms with Crippen molar-refractivity contribution in [1.29, 1.82) is 0 Å². The first-order valence-electron chi connectivity index (χ1n) is 12.6. The Labute approximate surface area is 223 Å². The highest BCUT2D eigenvalue weighted by molar-refractivity contribution is 5.86. The summed E-state index contributed by atoms with van der Waals surface area (Å²) in [5, 5.41) is 11.6. The molecule has 0 saturated carbocycles. The van der Waals surface area contributed by atoms with Crippen molar-refractivity contribution in [2.75, 3.05) is 14.2 Å². The fraction of sp³-hybridized carbons (Fsp3) is 0.182. The lowest BCUT2D eigenvalue weighted by Gasteiger charge is -2.22. The number of methoxy groups -OCH3 is 2. The summed E-state index contributed by atoms with van der Waals surface area (Å²) in [4.78, 5) is 8.59. The number of ether oxygens (including phenoxy) is 2. The van der Waals surface area contributed by atoms with Gasteiger partial charge in [0.25, 0.3) is 0 Å². The molecule has 5 rings (SSSR count). The maximum Gasteiger partial charge on any atom is 0.142 e. The summed E-state index contributed by atoms with van der Waals surface area (Å²) in [6, 6.07) is 29.8. The molecule has 0 bridgehead atoms. The van der Waals surface area contributed by atoms with Gasteiger partial charge in [0.1, 0.15) is 23.1 Å². The number of phenols is 1. The number of phenolic OH excluding ortho intramolecular Hbond substituents is 1. The van der Waals surface area contributed by atoms with E-state index in [-0.39, 0.29) is 11.2 Å². The zero-order valence-electron chi connectivity index (χ0n) is 22.4. The van der Waals surface area contributed by atoms with Gasteiger partial charge in [-0.1, -0.05) is 51.1 Å². The molecule has 1 heterocycles. The molecule has 0 unspecified atom stereocenters. The number of imidazole rings is 1. The first kappa shape index (κ1) is 25.2. The zero-order valence-corrected chi connectivity index (χ0v) is 22.4. The summed E-state index contributed by atoms with van der Waals surface area (Å²) in [6.45, 7) is 6.52. The molecule has 5 heteroatoms. The molecule has 0 saturated heterocycles. The molecule has 0 atom stereocenters. The molecule has 5 aromatic rings. The van der Waals surface area contributed by atoms with E-state index in [0.29, 0.717) is 11.4 Å². The van der Waals surface area contributed by atoms with Crippen molar-refractivity contribution in [3.63, 3.8) is 0 Å². The number of hydrogen-bond donors (Lipinski definition) is 2. The first-order valence-corrected chi connectivity index (χ1v) is 12.6. The van der Waals surface area contributed by atoms with Crippen LogP contribution < -0.4 is 9.47 Å². The van der Waals surface area contributed by atoms with Gasteiger partial charge < -0.3 is 19.6 Å². The van der Waals surface area contributed by atoms with E-state index >= 15 is 0 Å². The van der Waals surface area contributed by atoms with Crippen molar-refractivity contribution in [2.45, 2.75) is 26.2 Å². The third-order valence-corrected chi connectivity index (χ3v) is 6.76. The summed E-state index contributed by atoms with van der Waals surface area (Å²) in [5.41, 5.74) is 6.92. The van der Waals surface area contributed by atoms with E-state index in [9.17, 15) is 5.11 Å². The van der Waals surface area contributed by atoms with E-state index < -0.39 is 0 Å². The second-order valence-corrected chi connectivity index (χ2v) is 10.3. The molecular formula is C33H32N2O3. The molecule has 1 aromatic heterocycles. The van der Waals surface area contributed by atoms with Crippen molar-refractivity contribution >= 4 is 0 Å². The minimum absolute atomic E-state index is 0.129. The Morgan fingerprint density at radius 2 is 1.24 bits per heavy atom. The summed E-state index contributed by atoms with van der Waals surface area (Å²) in [5.74, 6) is 2.35. The highest BCUT2D eigenvalue weighted by Gasteiger charge is 2.23. The van der Waals surface area contributed by atoms with E-state index in [1.165, 1.54) is 0 Å². The number of aromatic nitrogens is 2. The number of H-pyrrole nitrogens is 1. The molecule has 5 nitrogen and oxygen atoms in total. The van der Waals surface area contributed by atoms with E-state index in [0.717, 1.165) is 50.7 Å². The van der Waals surface area contributed by atoms with Crippen LogP contribution in [0.5, 0.6) is 17.2 Å². The van der Waals surface area contributed by atoms with Gasteiger partial charge in [-0.25, -0.2) is 4.98 Å². The van der Waals surface area contributed by atoms with Gasteiger partial charge in [0.15, 0.2) is 0 Å². The van der Waals surface area contributed by atoms with E-state index in [1.807, 2.05) is 84.9 Å². The van der Waals surface area contributed by atoms with Crippen molar-refractivity contribution in [3.05, 3.63) is 96.6 Å². The SMILES string of the molecule is COc1ccc(-c2nc(-c3cc(C(C)(C)C)cc(-c4ccccc4)c3O)[nH]c2-c2ccc(OC)cc2)cc1. The molecular weight excluding hydrogens is 472 g/mol. The van der Waals surface area contributed by atoms with Crippen LogP contribution in [0.4, 0.5) is 0 Å². The molecule has 0 aliphatic heterocycles. The van der Waals surface area contributed by atoms with Crippen LogP contribution in [0.25, 0.3) is 45.0 Å². The highest BCUT2D eigenvalue weighted by atomic mass is 16.5. The zero-order chi connectivity index (χ0) is 26.9. The highest BCUT2D eigenvalue weighted by Crippen LogP contribution is 2.43. The number of nitrogens with zero attached hydrogens (tertiary/aromatic N) is 1. The predicted molar refractivity (Wildman–Crippen MR) is 154 cm³/mol. The van der Waals surface area contributed by atoms with Crippen LogP contribution >= 0.6 is 0 Å². The Morgan fingerprint density at radius 1 is 0.684 bits per heavy atom. The molecule has 0 spiro atoms. The fourth-order valence-electron chi connectivity index (χ4n) is 4.51. The lowest BCUT2D eigenvalue weighted by molar-refractivity contribution is 0.414. The number of nitrogens with one attached hydrogen (secondary N) is 1. The van der Waals surface area contributed by atoms with Gasteiger partial charge in [-0.05, 0) is 77.2 Å². The predicted octanol–water partition coefficient (Wildman–Crippen LogP) is 8.10. The van der Waals surface area contributed by atoms with Crippen LogP contribution in [-0.2, 0) is 5.41 Å². The molecule has 2 N–H and O–H groups in total. The molecule has 0 aliphatic rings. The Balaban J connectivity index is 1.74. The second kappa shape index (κ2) is 10.1. The van der Waals surface area contributed by atoms with Crippen molar-refractivity contribution < 1.29 is 14.6 Å². The lowest BCUT2D eigenvalue weighted by Crippen LogP contribution is -2.11. The minimum atomic E-state index is -0.129. The number of aromatic hydroxyl groups is 1. The molecule has 0 radical (unpaired) electrons. The topological polar surface area (TPSA) is 67.4 Å². The van der Waals surface area contributed by atoms with Gasteiger partial charge in [0.05, 0.1) is 31.2 Å². The molecule has 38 heavy (non-hydrogen) atoms. The van der Waals surface area contributed by atoms with Gasteiger partial charge >= 0.3 is 0 Å². The van der Waals surface area contributed by atoms with Gasteiger partial charge in [0, 0.05) is 16.7 Å². The molecule has 0 amide bonds. The normalized spacial score (nSPS) is 11.4. The maximum atomic E-state index is 11.6. The average Bonchev–Trinajstić information content (AvgIpc) is 3.38. The van der Waals surface area contributed by atoms with Gasteiger partial charge in [-0.3, -0.25) is 0 Å². The summed E-state index contributed by atoms with van der Waals surface area (Å²) < 4.78 is 10.7. The van der Waals surface area contributed by atoms with Crippen LogP contribution in [-0.4, -0.2) is 29.3 Å². The third-order valence-electron chi connectivity index (χ3n) is 6.76. The number of hydrogen-bond acceptors (Lipinski definition) is 4. The van der Waals surface area contributed by atoms with Gasteiger partial charge in [-0.2, -0.15) is 0 Å². The lowest BCUT2D eigenvalue weighted by atomic mass is 9.83. The van der Waals surface area contributed by atoms with Crippen LogP contribution in [0.2, 0.25) is 0 Å². The van der Waals surface area contributed by atoms with Crippen molar-refractivity contribution in [3.8, 4) is 62.3 Å². The average molecular weight is 505 g/mol. The maximum absolute atomic E-state index is 11.6. The molecule has 0 fully saturated rings. The largest absolute Gasteiger partial charge is 0.507 e. The van der Waals surface area contributed by atoms with Crippen LogP contribution in [0.1, 0.15) is 26.3 Å². The van der Waals surface area contributed by atoms with E-state index in [4.69, 9.17) is 14.5 Å². The first-order chi connectivity index (χ1) is 18.3. The van der Waals surface area contributed by atoms with E-state index in [2.05, 4.69) is 31.8 Å². The Hall–Kier alpha value is -4.51. The molecule has 0 aliphatic carbocycles. The molecule has 192 valence electrons. The standard InChI is InChI=1S/C33H32N2O3/c1-33(2,3)24-19-27(21-9-7-6-8-10-21)31(36)28(20-24)32-34-29(22-11-15-25(37-4)16-12-22)30(35-32)23-13-17-26(38-5)18-14-23/h6-20,36H,1-5H3,(H,34,35). The summed E-state index contributed by atoms with van der Waals surface area (Å²) in [6.07, 6.45) is 0. The Kier molecular flexibility index (Phi) is 6.68. The van der Waals surface area contributed by atoms with Crippen LogP contribution in [0.3, 0.4) is 0 Å². The smallest absolute Gasteiger partial charge is 0.142 e. The summed E-state index contributed by atoms with van der Waals surface area (Å²) >= 11 is 0. The fourth-order valence-corrected chi connectivity index (χ4v) is 4.51. The Bertz CT molecular complexity index is 1480. The van der Waals surface area contributed by atoms with Crippen LogP contribution in [0, 0.1) is 0 Å². The van der Waals surface area contributed by atoms with Crippen molar-refractivity contribution in [1.82, 2.24) is 9.97 Å². The Morgan fingerprint density at radius 3 is 1.79 bits per heavy atom. The number of aromatic amines is 1. The minimum Gasteiger partial charge on any atom is -0.507 e. The third kappa shape index (κ3) is 4.88. The second-order valence-electron chi connectivity index (χ2n) is 10.3. The summed E-state index contributed by atoms with van der Waals surface area (Å²) in [7, 11) is 3.31.